The molecule has 0 bridgehead atoms. The van der Waals surface area contributed by atoms with Crippen molar-refractivity contribution in [2.45, 2.75) is 31.8 Å². The number of halogens is 1. The van der Waals surface area contributed by atoms with Gasteiger partial charge in [0.05, 0.1) is 30.5 Å². The Kier molecular flexibility index (Phi) is 6.26. The van der Waals surface area contributed by atoms with Crippen LogP contribution in [0.1, 0.15) is 36.3 Å². The molecule has 2 N–H and O–H groups in total. The van der Waals surface area contributed by atoms with E-state index in [4.69, 9.17) is 15.2 Å². The average Bonchev–Trinajstić information content (AvgIpc) is 2.87. The van der Waals surface area contributed by atoms with Gasteiger partial charge in [-0.05, 0) is 66.1 Å². The SMILES string of the molecule is COc1cc([C@H]2[C@H]3CCCC=C3C(C#N)=C(N)C2(C#N)C#N)ccc1OCc1cccc(F)c1. The van der Waals surface area contributed by atoms with E-state index in [2.05, 4.69) is 18.2 Å². The molecule has 34 heavy (non-hydrogen) atoms. The van der Waals surface area contributed by atoms with Gasteiger partial charge in [0, 0.05) is 5.92 Å². The molecule has 2 atom stereocenters. The Hall–Kier alpha value is -4.28. The van der Waals surface area contributed by atoms with Crippen LogP contribution in [0.25, 0.3) is 0 Å². The molecule has 2 aliphatic rings. The van der Waals surface area contributed by atoms with Crippen molar-refractivity contribution in [3.63, 3.8) is 0 Å². The van der Waals surface area contributed by atoms with E-state index in [9.17, 15) is 20.2 Å². The molecule has 0 aliphatic heterocycles. The fourth-order valence-electron chi connectivity index (χ4n) is 5.03. The number of nitrogens with two attached hydrogens (primary N) is 1. The number of benzene rings is 2. The first-order valence-corrected chi connectivity index (χ1v) is 11.0. The normalized spacial score (nSPS) is 20.7. The lowest BCUT2D eigenvalue weighted by Crippen LogP contribution is -2.42. The standard InChI is InChI=1S/C27H23FN4O2/c1-33-24-12-18(9-10-23(24)34-14-17-5-4-6-19(28)11-17)25-21-8-3-2-7-20(21)22(13-29)26(32)27(25,15-30)16-31/h4-7,9-12,21,25H,2-3,8,14,32H2,1H3/t21-,25-/m0/s1. The van der Waals surface area contributed by atoms with Crippen LogP contribution in [-0.4, -0.2) is 7.11 Å². The quantitative estimate of drug-likeness (QED) is 0.679. The fourth-order valence-corrected chi connectivity index (χ4v) is 5.03. The molecule has 4 rings (SSSR count). The second kappa shape index (κ2) is 9.30. The van der Waals surface area contributed by atoms with E-state index in [1.807, 2.05) is 6.08 Å². The van der Waals surface area contributed by atoms with E-state index >= 15 is 0 Å². The van der Waals surface area contributed by atoms with Gasteiger partial charge in [-0.25, -0.2) is 4.39 Å². The molecular weight excluding hydrogens is 431 g/mol. The second-order valence-electron chi connectivity index (χ2n) is 8.44. The van der Waals surface area contributed by atoms with Crippen LogP contribution in [0.15, 0.2) is 65.4 Å². The van der Waals surface area contributed by atoms with Crippen LogP contribution in [0, 0.1) is 51.1 Å². The van der Waals surface area contributed by atoms with E-state index in [0.717, 1.165) is 24.8 Å². The van der Waals surface area contributed by atoms with Crippen molar-refractivity contribution >= 4 is 0 Å². The number of hydrogen-bond acceptors (Lipinski definition) is 6. The van der Waals surface area contributed by atoms with Gasteiger partial charge in [-0.3, -0.25) is 0 Å². The molecule has 0 aromatic heterocycles. The van der Waals surface area contributed by atoms with E-state index in [-0.39, 0.29) is 29.6 Å². The molecule has 0 saturated heterocycles. The second-order valence-corrected chi connectivity index (χ2v) is 8.44. The number of rotatable bonds is 5. The number of nitrogens with zero attached hydrogens (tertiary/aromatic N) is 3. The highest BCUT2D eigenvalue weighted by Gasteiger charge is 2.53. The Morgan fingerprint density at radius 2 is 1.91 bits per heavy atom. The molecule has 2 aromatic carbocycles. The van der Waals surface area contributed by atoms with Gasteiger partial charge in [-0.15, -0.1) is 0 Å². The number of hydrogen-bond donors (Lipinski definition) is 1. The fraction of sp³-hybridized carbons (Fsp3) is 0.296. The maximum atomic E-state index is 13.5. The third-order valence-corrected chi connectivity index (χ3v) is 6.63. The summed E-state index contributed by atoms with van der Waals surface area (Å²) in [4.78, 5) is 0. The average molecular weight is 455 g/mol. The topological polar surface area (TPSA) is 116 Å². The van der Waals surface area contributed by atoms with Crippen molar-refractivity contribution < 1.29 is 13.9 Å². The van der Waals surface area contributed by atoms with E-state index < -0.39 is 11.3 Å². The smallest absolute Gasteiger partial charge is 0.191 e. The van der Waals surface area contributed by atoms with Gasteiger partial charge < -0.3 is 15.2 Å². The summed E-state index contributed by atoms with van der Waals surface area (Å²) in [5.74, 6) is -0.236. The van der Waals surface area contributed by atoms with Crippen molar-refractivity contribution in [3.8, 4) is 29.7 Å². The maximum absolute atomic E-state index is 13.5. The lowest BCUT2D eigenvalue weighted by atomic mass is 9.57. The summed E-state index contributed by atoms with van der Waals surface area (Å²) in [6, 6.07) is 17.8. The maximum Gasteiger partial charge on any atom is 0.191 e. The summed E-state index contributed by atoms with van der Waals surface area (Å²) < 4.78 is 24.9. The van der Waals surface area contributed by atoms with Crippen LogP contribution < -0.4 is 15.2 Å². The van der Waals surface area contributed by atoms with Gasteiger partial charge in [0.1, 0.15) is 18.5 Å². The number of fused-ring (bicyclic) bond motifs is 1. The minimum absolute atomic E-state index is 0.000187. The zero-order chi connectivity index (χ0) is 24.3. The molecule has 0 fully saturated rings. The predicted molar refractivity (Wildman–Crippen MR) is 122 cm³/mol. The van der Waals surface area contributed by atoms with Crippen LogP contribution in [-0.2, 0) is 6.61 Å². The molecule has 7 heteroatoms. The molecule has 6 nitrogen and oxygen atoms in total. The molecule has 2 aromatic rings. The Balaban J connectivity index is 1.76. The van der Waals surface area contributed by atoms with Crippen LogP contribution in [0.5, 0.6) is 11.5 Å². The van der Waals surface area contributed by atoms with Crippen LogP contribution in [0.3, 0.4) is 0 Å². The Labute approximate surface area is 197 Å². The lowest BCUT2D eigenvalue weighted by molar-refractivity contribution is 0.281. The minimum atomic E-state index is -1.68. The summed E-state index contributed by atoms with van der Waals surface area (Å²) in [6.07, 6.45) is 4.45. The Morgan fingerprint density at radius 1 is 1.12 bits per heavy atom. The van der Waals surface area contributed by atoms with Gasteiger partial charge in [-0.1, -0.05) is 24.3 Å². The first-order valence-electron chi connectivity index (χ1n) is 11.0. The number of nitriles is 3. The zero-order valence-electron chi connectivity index (χ0n) is 18.7. The lowest BCUT2D eigenvalue weighted by Gasteiger charge is -2.43. The first kappa shape index (κ1) is 22.9. The van der Waals surface area contributed by atoms with Crippen LogP contribution >= 0.6 is 0 Å². The minimum Gasteiger partial charge on any atom is -0.493 e. The molecule has 0 amide bonds. The number of ether oxygens (including phenoxy) is 2. The van der Waals surface area contributed by atoms with Crippen molar-refractivity contribution in [1.82, 2.24) is 0 Å². The summed E-state index contributed by atoms with van der Waals surface area (Å²) in [5.41, 5.74) is 7.08. The highest BCUT2D eigenvalue weighted by molar-refractivity contribution is 5.60. The Bertz CT molecular complexity index is 1300. The van der Waals surface area contributed by atoms with Crippen molar-refractivity contribution in [1.29, 1.82) is 15.8 Å². The molecule has 0 radical (unpaired) electrons. The number of allylic oxidation sites excluding steroid dienone is 4. The molecule has 170 valence electrons. The molecule has 0 heterocycles. The van der Waals surface area contributed by atoms with Crippen LogP contribution in [0.4, 0.5) is 4.39 Å². The highest BCUT2D eigenvalue weighted by atomic mass is 19.1. The van der Waals surface area contributed by atoms with Gasteiger partial charge >= 0.3 is 0 Å². The van der Waals surface area contributed by atoms with Crippen molar-refractivity contribution in [3.05, 3.63) is 82.3 Å². The molecule has 0 spiro atoms. The first-order chi connectivity index (χ1) is 16.5. The van der Waals surface area contributed by atoms with E-state index in [0.29, 0.717) is 22.6 Å². The zero-order valence-corrected chi connectivity index (χ0v) is 18.7. The predicted octanol–water partition coefficient (Wildman–Crippen LogP) is 5.01. The van der Waals surface area contributed by atoms with Gasteiger partial charge in [0.25, 0.3) is 0 Å². The Morgan fingerprint density at radius 3 is 2.59 bits per heavy atom. The monoisotopic (exact) mass is 454 g/mol. The van der Waals surface area contributed by atoms with E-state index in [1.165, 1.54) is 19.2 Å². The molecule has 0 unspecified atom stereocenters. The molecule has 2 aliphatic carbocycles. The molecular formula is C27H23FN4O2. The number of methoxy groups -OCH3 is 1. The summed E-state index contributed by atoms with van der Waals surface area (Å²) >= 11 is 0. The van der Waals surface area contributed by atoms with Gasteiger partial charge in [0.15, 0.2) is 16.9 Å². The summed E-state index contributed by atoms with van der Waals surface area (Å²) in [5, 5.41) is 30.1. The third-order valence-electron chi connectivity index (χ3n) is 6.63. The van der Waals surface area contributed by atoms with E-state index in [1.54, 1.807) is 30.3 Å². The molecule has 0 saturated carbocycles. The third kappa shape index (κ3) is 3.74. The van der Waals surface area contributed by atoms with Crippen LogP contribution in [0.2, 0.25) is 0 Å². The van der Waals surface area contributed by atoms with Gasteiger partial charge in [-0.2, -0.15) is 15.8 Å². The summed E-state index contributed by atoms with van der Waals surface area (Å²) in [6.45, 7) is 0.147. The highest BCUT2D eigenvalue weighted by Crippen LogP contribution is 2.56. The van der Waals surface area contributed by atoms with Crippen molar-refractivity contribution in [2.75, 3.05) is 7.11 Å². The van der Waals surface area contributed by atoms with Crippen molar-refractivity contribution in [2.24, 2.45) is 17.1 Å². The van der Waals surface area contributed by atoms with Gasteiger partial charge in [0.2, 0.25) is 0 Å². The summed E-state index contributed by atoms with van der Waals surface area (Å²) in [7, 11) is 1.50. The largest absolute Gasteiger partial charge is 0.493 e.